The number of aromatic nitrogens is 1. The SMILES string of the molecule is CC1=CC(=Cc2sc(N(C)C)nc2C)C(=O)N(C)C1=O. The molecule has 0 saturated carbocycles. The van der Waals surface area contributed by atoms with Crippen LogP contribution in [0.1, 0.15) is 17.5 Å². The number of rotatable bonds is 2. The number of anilines is 1. The zero-order valence-corrected chi connectivity index (χ0v) is 13.0. The number of hydrogen-bond acceptors (Lipinski definition) is 5. The molecule has 1 aromatic rings. The Morgan fingerprint density at radius 1 is 1.25 bits per heavy atom. The molecule has 0 atom stereocenters. The van der Waals surface area contributed by atoms with Crippen LogP contribution >= 0.6 is 11.3 Å². The third kappa shape index (κ3) is 2.51. The quantitative estimate of drug-likeness (QED) is 0.616. The lowest BCUT2D eigenvalue weighted by Gasteiger charge is -2.21. The van der Waals surface area contributed by atoms with Gasteiger partial charge < -0.3 is 4.90 Å². The lowest BCUT2D eigenvalue weighted by Crippen LogP contribution is -2.37. The molecular formula is C14H17N3O2S. The van der Waals surface area contributed by atoms with Crippen LogP contribution in [-0.2, 0) is 9.59 Å². The molecule has 0 saturated heterocycles. The fraction of sp³-hybridized carbons (Fsp3) is 0.357. The topological polar surface area (TPSA) is 53.5 Å². The fourth-order valence-electron chi connectivity index (χ4n) is 1.87. The molecule has 0 bridgehead atoms. The highest BCUT2D eigenvalue weighted by Crippen LogP contribution is 2.28. The average Bonchev–Trinajstić information content (AvgIpc) is 2.75. The molecule has 106 valence electrons. The van der Waals surface area contributed by atoms with E-state index in [0.29, 0.717) is 11.1 Å². The maximum atomic E-state index is 12.1. The van der Waals surface area contributed by atoms with Crippen LogP contribution in [0.3, 0.4) is 0 Å². The minimum atomic E-state index is -0.278. The lowest BCUT2D eigenvalue weighted by molar-refractivity contribution is -0.138. The van der Waals surface area contributed by atoms with E-state index in [4.69, 9.17) is 0 Å². The van der Waals surface area contributed by atoms with Gasteiger partial charge in [-0.1, -0.05) is 11.3 Å². The van der Waals surface area contributed by atoms with Crippen molar-refractivity contribution in [1.29, 1.82) is 0 Å². The molecule has 0 unspecified atom stereocenters. The number of carbonyl (C=O) groups excluding carboxylic acids is 2. The van der Waals surface area contributed by atoms with E-state index in [1.165, 1.54) is 18.4 Å². The number of likely N-dealkylation sites (N-methyl/N-ethyl adjacent to an activating group) is 1. The molecule has 6 heteroatoms. The van der Waals surface area contributed by atoms with E-state index in [1.807, 2.05) is 25.9 Å². The Morgan fingerprint density at radius 3 is 2.45 bits per heavy atom. The zero-order valence-electron chi connectivity index (χ0n) is 12.2. The number of aryl methyl sites for hydroxylation is 1. The van der Waals surface area contributed by atoms with Crippen LogP contribution in [0, 0.1) is 6.92 Å². The van der Waals surface area contributed by atoms with Crippen molar-refractivity contribution < 1.29 is 9.59 Å². The Kier molecular flexibility index (Phi) is 3.76. The Bertz CT molecular complexity index is 641. The number of nitrogens with zero attached hydrogens (tertiary/aromatic N) is 3. The van der Waals surface area contributed by atoms with Gasteiger partial charge in [0, 0.05) is 32.3 Å². The van der Waals surface area contributed by atoms with E-state index in [-0.39, 0.29) is 11.8 Å². The molecule has 0 radical (unpaired) electrons. The maximum absolute atomic E-state index is 12.1. The molecule has 1 aliphatic rings. The Balaban J connectivity index is 2.45. The van der Waals surface area contributed by atoms with Gasteiger partial charge in [-0.05, 0) is 26.0 Å². The highest BCUT2D eigenvalue weighted by atomic mass is 32.1. The van der Waals surface area contributed by atoms with Crippen LogP contribution in [0.2, 0.25) is 0 Å². The molecule has 1 aliphatic heterocycles. The summed E-state index contributed by atoms with van der Waals surface area (Å²) in [6, 6.07) is 0. The van der Waals surface area contributed by atoms with Gasteiger partial charge in [0.2, 0.25) is 0 Å². The summed E-state index contributed by atoms with van der Waals surface area (Å²) in [5.41, 5.74) is 1.96. The normalized spacial score (nSPS) is 17.8. The van der Waals surface area contributed by atoms with Crippen LogP contribution in [-0.4, -0.2) is 42.8 Å². The molecule has 0 N–H and O–H groups in total. The van der Waals surface area contributed by atoms with Crippen molar-refractivity contribution in [3.8, 4) is 0 Å². The number of hydrogen-bond donors (Lipinski definition) is 0. The molecule has 2 heterocycles. The lowest BCUT2D eigenvalue weighted by atomic mass is 10.0. The van der Waals surface area contributed by atoms with Crippen LogP contribution in [0.25, 0.3) is 6.08 Å². The van der Waals surface area contributed by atoms with Crippen LogP contribution in [0.4, 0.5) is 5.13 Å². The largest absolute Gasteiger partial charge is 0.354 e. The minimum Gasteiger partial charge on any atom is -0.354 e. The minimum absolute atomic E-state index is 0.248. The van der Waals surface area contributed by atoms with Gasteiger partial charge in [-0.25, -0.2) is 4.98 Å². The first-order valence-corrected chi connectivity index (χ1v) is 7.00. The van der Waals surface area contributed by atoms with Gasteiger partial charge in [0.05, 0.1) is 10.6 Å². The van der Waals surface area contributed by atoms with Gasteiger partial charge in [-0.2, -0.15) is 0 Å². The van der Waals surface area contributed by atoms with E-state index in [0.717, 1.165) is 20.6 Å². The van der Waals surface area contributed by atoms with Crippen LogP contribution < -0.4 is 4.90 Å². The van der Waals surface area contributed by atoms with Gasteiger partial charge >= 0.3 is 0 Å². The summed E-state index contributed by atoms with van der Waals surface area (Å²) in [4.78, 5) is 32.2. The Morgan fingerprint density at radius 2 is 1.90 bits per heavy atom. The molecule has 0 spiro atoms. The second kappa shape index (κ2) is 5.20. The third-order valence-corrected chi connectivity index (χ3v) is 4.33. The third-order valence-electron chi connectivity index (χ3n) is 3.06. The number of carbonyl (C=O) groups is 2. The predicted octanol–water partition coefficient (Wildman–Crippen LogP) is 1.85. The summed E-state index contributed by atoms with van der Waals surface area (Å²) in [6.07, 6.45) is 3.44. The summed E-state index contributed by atoms with van der Waals surface area (Å²) in [6.45, 7) is 3.62. The molecule has 0 fully saturated rings. The van der Waals surface area contributed by atoms with E-state index >= 15 is 0 Å². The molecule has 0 aliphatic carbocycles. The first-order chi connectivity index (χ1) is 9.31. The van der Waals surface area contributed by atoms with Crippen molar-refractivity contribution in [2.24, 2.45) is 0 Å². The smallest absolute Gasteiger partial charge is 0.260 e. The van der Waals surface area contributed by atoms with Crippen molar-refractivity contribution in [3.05, 3.63) is 27.8 Å². The number of thiazole rings is 1. The van der Waals surface area contributed by atoms with Crippen molar-refractivity contribution in [3.63, 3.8) is 0 Å². The van der Waals surface area contributed by atoms with Crippen LogP contribution in [0.5, 0.6) is 0 Å². The fourth-order valence-corrected chi connectivity index (χ4v) is 2.81. The summed E-state index contributed by atoms with van der Waals surface area (Å²) in [7, 11) is 5.36. The second-order valence-corrected chi connectivity index (χ2v) is 5.95. The zero-order chi connectivity index (χ0) is 15.0. The molecule has 2 amide bonds. The average molecular weight is 291 g/mol. The van der Waals surface area contributed by atoms with E-state index in [2.05, 4.69) is 4.98 Å². The molecule has 5 nitrogen and oxygen atoms in total. The van der Waals surface area contributed by atoms with Gasteiger partial charge in [0.15, 0.2) is 5.13 Å². The van der Waals surface area contributed by atoms with E-state index in [9.17, 15) is 9.59 Å². The maximum Gasteiger partial charge on any atom is 0.260 e. The summed E-state index contributed by atoms with van der Waals surface area (Å²) in [5.74, 6) is -0.526. The number of amides is 2. The molecule has 1 aromatic heterocycles. The summed E-state index contributed by atoms with van der Waals surface area (Å²) in [5, 5.41) is 0.891. The van der Waals surface area contributed by atoms with Crippen LogP contribution in [0.15, 0.2) is 17.2 Å². The van der Waals surface area contributed by atoms with Crippen molar-refractivity contribution in [2.75, 3.05) is 26.0 Å². The molecule has 20 heavy (non-hydrogen) atoms. The molecule has 0 aromatic carbocycles. The van der Waals surface area contributed by atoms with Crippen molar-refractivity contribution >= 4 is 34.4 Å². The van der Waals surface area contributed by atoms with Gasteiger partial charge in [-0.3, -0.25) is 14.5 Å². The van der Waals surface area contributed by atoms with Gasteiger partial charge in [0.25, 0.3) is 11.8 Å². The number of imide groups is 1. The Labute approximate surface area is 122 Å². The first-order valence-electron chi connectivity index (χ1n) is 6.18. The monoisotopic (exact) mass is 291 g/mol. The Hall–Kier alpha value is -1.95. The van der Waals surface area contributed by atoms with Gasteiger partial charge in [-0.15, -0.1) is 0 Å². The first kappa shape index (κ1) is 14.5. The van der Waals surface area contributed by atoms with Crippen molar-refractivity contribution in [2.45, 2.75) is 13.8 Å². The van der Waals surface area contributed by atoms with Gasteiger partial charge in [0.1, 0.15) is 0 Å². The summed E-state index contributed by atoms with van der Waals surface area (Å²) >= 11 is 1.52. The standard InChI is InChI=1S/C14H17N3O2S/c1-8-6-10(13(19)17(5)12(8)18)7-11-9(2)15-14(20-11)16(3)4/h6-7H,1-5H3. The highest BCUT2D eigenvalue weighted by Gasteiger charge is 2.26. The molecule has 2 rings (SSSR count). The highest BCUT2D eigenvalue weighted by molar-refractivity contribution is 7.16. The van der Waals surface area contributed by atoms with E-state index < -0.39 is 0 Å². The molecular weight excluding hydrogens is 274 g/mol. The van der Waals surface area contributed by atoms with Crippen molar-refractivity contribution in [1.82, 2.24) is 9.88 Å². The summed E-state index contributed by atoms with van der Waals surface area (Å²) < 4.78 is 0. The van der Waals surface area contributed by atoms with E-state index in [1.54, 1.807) is 19.1 Å². The second-order valence-electron chi connectivity index (χ2n) is 4.94. The predicted molar refractivity (Wildman–Crippen MR) is 80.7 cm³/mol.